The van der Waals surface area contributed by atoms with E-state index in [1.807, 2.05) is 0 Å². The van der Waals surface area contributed by atoms with Crippen LogP contribution in [0.1, 0.15) is 32.3 Å². The molecule has 1 aromatic carbocycles. The summed E-state index contributed by atoms with van der Waals surface area (Å²) in [5, 5.41) is 11.6. The van der Waals surface area contributed by atoms with E-state index in [1.165, 1.54) is 19.3 Å². The van der Waals surface area contributed by atoms with Crippen molar-refractivity contribution in [2.24, 2.45) is 0 Å². The number of aliphatic hydroxyl groups is 1. The van der Waals surface area contributed by atoms with Gasteiger partial charge in [0.2, 0.25) is 0 Å². The van der Waals surface area contributed by atoms with Crippen LogP contribution >= 0.6 is 23.2 Å². The van der Waals surface area contributed by atoms with Gasteiger partial charge in [0.25, 0.3) is 0 Å². The summed E-state index contributed by atoms with van der Waals surface area (Å²) in [6.45, 7) is 3.42. The Bertz CT molecular complexity index is 838. The summed E-state index contributed by atoms with van der Waals surface area (Å²) in [4.78, 5) is 24.5. The molecule has 1 heterocycles. The fourth-order valence-electron chi connectivity index (χ4n) is 3.65. The van der Waals surface area contributed by atoms with Crippen molar-refractivity contribution in [3.8, 4) is 0 Å². The van der Waals surface area contributed by atoms with Crippen molar-refractivity contribution in [1.29, 1.82) is 0 Å². The Hall–Kier alpha value is -1.64. The lowest BCUT2D eigenvalue weighted by molar-refractivity contribution is -0.187. The predicted octanol–water partition coefficient (Wildman–Crippen LogP) is 3.14. The lowest BCUT2D eigenvalue weighted by Gasteiger charge is -2.39. The number of benzene rings is 1. The quantitative estimate of drug-likeness (QED) is 0.563. The highest BCUT2D eigenvalue weighted by atomic mass is 35.5. The zero-order valence-electron chi connectivity index (χ0n) is 16.2. The van der Waals surface area contributed by atoms with Crippen molar-refractivity contribution in [2.45, 2.75) is 56.4 Å². The molecule has 0 aromatic heterocycles. The Morgan fingerprint density at radius 3 is 2.62 bits per heavy atom. The Morgan fingerprint density at radius 1 is 1.24 bits per heavy atom. The van der Waals surface area contributed by atoms with Gasteiger partial charge in [-0.2, -0.15) is 0 Å². The smallest absolute Gasteiger partial charge is 0.338 e. The molecule has 0 amide bonds. The standard InChI is InChI=1S/C20H22Cl2O7/c1-19(2)28-15-10-20(25,18(24)26-3)9-14(17(15)29-19)27-16(23)7-5-11-4-6-12(21)8-13(11)22/h4-8,14-15,17,25H,9-10H2,1-3H3/b7-5+/t14-,15-,17+,20-/m1/s1. The summed E-state index contributed by atoms with van der Waals surface area (Å²) in [5.41, 5.74) is -1.25. The molecule has 9 heteroatoms. The van der Waals surface area contributed by atoms with Crippen molar-refractivity contribution in [3.63, 3.8) is 0 Å². The first-order chi connectivity index (χ1) is 13.5. The highest BCUT2D eigenvalue weighted by molar-refractivity contribution is 6.35. The molecular weight excluding hydrogens is 423 g/mol. The Morgan fingerprint density at radius 2 is 1.97 bits per heavy atom. The molecule has 2 aliphatic rings. The van der Waals surface area contributed by atoms with Gasteiger partial charge >= 0.3 is 11.9 Å². The van der Waals surface area contributed by atoms with Crippen molar-refractivity contribution < 1.29 is 33.6 Å². The molecular formula is C20H22Cl2O7. The van der Waals surface area contributed by atoms with E-state index in [9.17, 15) is 14.7 Å². The molecule has 1 aliphatic carbocycles. The number of carbonyl (C=O) groups is 2. The molecule has 0 bridgehead atoms. The van der Waals surface area contributed by atoms with Gasteiger partial charge < -0.3 is 24.1 Å². The second kappa shape index (κ2) is 8.24. The Balaban J connectivity index is 1.76. The zero-order valence-corrected chi connectivity index (χ0v) is 17.7. The van der Waals surface area contributed by atoms with Crippen LogP contribution in [-0.2, 0) is 28.5 Å². The normalized spacial score (nSPS) is 30.8. The molecule has 3 rings (SSSR count). The number of methoxy groups -OCH3 is 1. The lowest BCUT2D eigenvalue weighted by atomic mass is 9.79. The summed E-state index contributed by atoms with van der Waals surface area (Å²) in [5.74, 6) is -2.43. The van der Waals surface area contributed by atoms with Gasteiger partial charge in [-0.25, -0.2) is 9.59 Å². The molecule has 1 N–H and O–H groups in total. The summed E-state index contributed by atoms with van der Waals surface area (Å²) >= 11 is 11.9. The highest BCUT2D eigenvalue weighted by Gasteiger charge is 2.58. The molecule has 0 spiro atoms. The van der Waals surface area contributed by atoms with E-state index in [0.717, 1.165) is 0 Å². The SMILES string of the molecule is COC(=O)[C@@]1(O)C[C@@H](OC(=O)/C=C/c2ccc(Cl)cc2Cl)[C@@H]2OC(C)(C)O[C@@H]2C1. The van der Waals surface area contributed by atoms with Gasteiger partial charge in [-0.1, -0.05) is 29.3 Å². The molecule has 0 radical (unpaired) electrons. The summed E-state index contributed by atoms with van der Waals surface area (Å²) < 4.78 is 21.8. The largest absolute Gasteiger partial charge is 0.467 e. The van der Waals surface area contributed by atoms with Crippen LogP contribution in [0.25, 0.3) is 6.08 Å². The number of fused-ring (bicyclic) bond motifs is 1. The van der Waals surface area contributed by atoms with E-state index >= 15 is 0 Å². The van der Waals surface area contributed by atoms with Gasteiger partial charge in [0.1, 0.15) is 12.2 Å². The molecule has 29 heavy (non-hydrogen) atoms. The van der Waals surface area contributed by atoms with Gasteiger partial charge in [-0.3, -0.25) is 0 Å². The number of carbonyl (C=O) groups excluding carboxylic acids is 2. The number of hydrogen-bond donors (Lipinski definition) is 1. The summed E-state index contributed by atoms with van der Waals surface area (Å²) in [6, 6.07) is 4.87. The van der Waals surface area contributed by atoms with Crippen LogP contribution in [-0.4, -0.2) is 53.9 Å². The number of rotatable bonds is 4. The average Bonchev–Trinajstić information content (AvgIpc) is 2.94. The van der Waals surface area contributed by atoms with Crippen LogP contribution in [0.15, 0.2) is 24.3 Å². The lowest BCUT2D eigenvalue weighted by Crippen LogP contribution is -2.56. The highest BCUT2D eigenvalue weighted by Crippen LogP contribution is 2.42. The average molecular weight is 445 g/mol. The van der Waals surface area contributed by atoms with E-state index in [1.54, 1.807) is 32.0 Å². The first-order valence-electron chi connectivity index (χ1n) is 9.03. The molecule has 7 nitrogen and oxygen atoms in total. The molecule has 0 unspecified atom stereocenters. The first kappa shape index (κ1) is 22.1. The van der Waals surface area contributed by atoms with Crippen molar-refractivity contribution in [2.75, 3.05) is 7.11 Å². The minimum Gasteiger partial charge on any atom is -0.467 e. The molecule has 1 aliphatic heterocycles. The van der Waals surface area contributed by atoms with Crippen LogP contribution in [0.5, 0.6) is 0 Å². The van der Waals surface area contributed by atoms with E-state index in [2.05, 4.69) is 0 Å². The minimum atomic E-state index is -1.84. The second-order valence-corrected chi connectivity index (χ2v) is 8.39. The fraction of sp³-hybridized carbons (Fsp3) is 0.500. The van der Waals surface area contributed by atoms with E-state index in [-0.39, 0.29) is 12.8 Å². The second-order valence-electron chi connectivity index (χ2n) is 7.54. The molecule has 1 saturated heterocycles. The van der Waals surface area contributed by atoms with Gasteiger partial charge in [-0.15, -0.1) is 0 Å². The van der Waals surface area contributed by atoms with Crippen LogP contribution in [0, 0.1) is 0 Å². The van der Waals surface area contributed by atoms with Crippen molar-refractivity contribution in [3.05, 3.63) is 39.9 Å². The third-order valence-electron chi connectivity index (χ3n) is 4.86. The summed E-state index contributed by atoms with van der Waals surface area (Å²) in [6.07, 6.45) is 0.361. The minimum absolute atomic E-state index is 0.0158. The van der Waals surface area contributed by atoms with Gasteiger partial charge in [0.15, 0.2) is 11.4 Å². The van der Waals surface area contributed by atoms with Crippen LogP contribution < -0.4 is 0 Å². The third-order valence-corrected chi connectivity index (χ3v) is 5.42. The molecule has 1 aromatic rings. The Kier molecular flexibility index (Phi) is 6.27. The summed E-state index contributed by atoms with van der Waals surface area (Å²) in [7, 11) is 1.18. The monoisotopic (exact) mass is 444 g/mol. The molecule has 1 saturated carbocycles. The predicted molar refractivity (Wildman–Crippen MR) is 105 cm³/mol. The van der Waals surface area contributed by atoms with Gasteiger partial charge in [0, 0.05) is 29.0 Å². The maximum atomic E-state index is 12.4. The first-order valence-corrected chi connectivity index (χ1v) is 9.79. The topological polar surface area (TPSA) is 91.3 Å². The van der Waals surface area contributed by atoms with Gasteiger partial charge in [0.05, 0.1) is 13.2 Å². The van der Waals surface area contributed by atoms with Crippen LogP contribution in [0.4, 0.5) is 0 Å². The van der Waals surface area contributed by atoms with Gasteiger partial charge in [-0.05, 0) is 37.6 Å². The number of esters is 2. The molecule has 4 atom stereocenters. The van der Waals surface area contributed by atoms with Crippen molar-refractivity contribution in [1.82, 2.24) is 0 Å². The number of ether oxygens (including phenoxy) is 4. The molecule has 158 valence electrons. The molecule has 2 fully saturated rings. The number of halogens is 2. The zero-order chi connectivity index (χ0) is 21.4. The fourth-order valence-corrected chi connectivity index (χ4v) is 4.12. The van der Waals surface area contributed by atoms with Crippen LogP contribution in [0.2, 0.25) is 10.0 Å². The van der Waals surface area contributed by atoms with E-state index in [4.69, 9.17) is 42.1 Å². The maximum absolute atomic E-state index is 12.4. The van der Waals surface area contributed by atoms with Crippen molar-refractivity contribution >= 4 is 41.2 Å². The maximum Gasteiger partial charge on any atom is 0.338 e. The van der Waals surface area contributed by atoms with E-state index in [0.29, 0.717) is 15.6 Å². The number of hydrogen-bond acceptors (Lipinski definition) is 7. The van der Waals surface area contributed by atoms with Crippen LogP contribution in [0.3, 0.4) is 0 Å². The third kappa shape index (κ3) is 4.92. The Labute approximate surface area is 178 Å². The van der Waals surface area contributed by atoms with E-state index < -0.39 is 41.6 Å².